The molecule has 0 saturated carbocycles. The summed E-state index contributed by atoms with van der Waals surface area (Å²) in [4.78, 5) is 9.33. The zero-order valence-corrected chi connectivity index (χ0v) is 15.9. The summed E-state index contributed by atoms with van der Waals surface area (Å²) in [6, 6.07) is 8.17. The Morgan fingerprint density at radius 1 is 1.28 bits per heavy atom. The summed E-state index contributed by atoms with van der Waals surface area (Å²) in [6.45, 7) is 7.07. The molecule has 1 aliphatic rings. The fraction of sp³-hybridized carbons (Fsp3) is 0.316. The van der Waals surface area contributed by atoms with Gasteiger partial charge in [0.2, 0.25) is 0 Å². The number of hydrogen-bond donors (Lipinski definition) is 1. The van der Waals surface area contributed by atoms with Gasteiger partial charge in [-0.3, -0.25) is 4.90 Å². The summed E-state index contributed by atoms with van der Waals surface area (Å²) in [5.41, 5.74) is 3.15. The number of fused-ring (bicyclic) bond motifs is 1. The number of thiazole rings is 1. The van der Waals surface area contributed by atoms with E-state index in [1.165, 1.54) is 9.75 Å². The predicted molar refractivity (Wildman–Crippen MR) is 103 cm³/mol. The maximum absolute atomic E-state index is 10.5. The number of aromatic nitrogens is 1. The molecule has 6 heteroatoms. The van der Waals surface area contributed by atoms with E-state index in [4.69, 9.17) is 4.74 Å². The molecule has 0 radical (unpaired) electrons. The van der Waals surface area contributed by atoms with Crippen molar-refractivity contribution in [2.24, 2.45) is 0 Å². The average Bonchev–Trinajstić information content (AvgIpc) is 3.11. The van der Waals surface area contributed by atoms with Gasteiger partial charge in [-0.15, -0.1) is 22.7 Å². The zero-order chi connectivity index (χ0) is 17.4. The van der Waals surface area contributed by atoms with E-state index in [2.05, 4.69) is 40.4 Å². The molecule has 3 aromatic rings. The Labute approximate surface area is 155 Å². The van der Waals surface area contributed by atoms with Gasteiger partial charge in [0.1, 0.15) is 11.6 Å². The van der Waals surface area contributed by atoms with Gasteiger partial charge in [-0.2, -0.15) is 0 Å². The Balaban J connectivity index is 1.63. The summed E-state index contributed by atoms with van der Waals surface area (Å²) >= 11 is 3.43. The van der Waals surface area contributed by atoms with Gasteiger partial charge in [-0.05, 0) is 43.7 Å². The average molecular weight is 373 g/mol. The first-order chi connectivity index (χ1) is 12.1. The normalized spacial score (nSPS) is 14.8. The van der Waals surface area contributed by atoms with Crippen molar-refractivity contribution < 1.29 is 9.84 Å². The fourth-order valence-corrected chi connectivity index (χ4v) is 4.75. The van der Waals surface area contributed by atoms with Gasteiger partial charge in [0.25, 0.3) is 0 Å². The molecule has 0 aliphatic carbocycles. The molecular formula is C19H20N2O2S2. The van der Waals surface area contributed by atoms with E-state index in [9.17, 15) is 5.11 Å². The molecule has 0 bridgehead atoms. The first-order valence-electron chi connectivity index (χ1n) is 8.27. The molecule has 130 valence electrons. The number of aromatic hydroxyl groups is 1. The topological polar surface area (TPSA) is 45.6 Å². The van der Waals surface area contributed by atoms with Crippen molar-refractivity contribution >= 4 is 22.7 Å². The molecule has 1 aromatic carbocycles. The second-order valence-corrected chi connectivity index (χ2v) is 8.57. The molecule has 1 aliphatic heterocycles. The van der Waals surface area contributed by atoms with Gasteiger partial charge >= 0.3 is 0 Å². The highest BCUT2D eigenvalue weighted by Crippen LogP contribution is 2.39. The molecule has 0 fully saturated rings. The first-order valence-corrected chi connectivity index (χ1v) is 9.97. The van der Waals surface area contributed by atoms with Crippen molar-refractivity contribution in [3.63, 3.8) is 0 Å². The SMILES string of the molecule is Cc1csc(CN2CCOc3c(O)cc(-c4ccc(C)s4)cc3C2)n1. The van der Waals surface area contributed by atoms with Gasteiger partial charge in [0.05, 0.1) is 6.54 Å². The van der Waals surface area contributed by atoms with E-state index in [0.717, 1.165) is 41.5 Å². The number of aryl methyl sites for hydroxylation is 2. The van der Waals surface area contributed by atoms with Crippen molar-refractivity contribution in [1.29, 1.82) is 0 Å². The lowest BCUT2D eigenvalue weighted by Crippen LogP contribution is -2.25. The van der Waals surface area contributed by atoms with Crippen LogP contribution in [0.25, 0.3) is 10.4 Å². The van der Waals surface area contributed by atoms with E-state index >= 15 is 0 Å². The van der Waals surface area contributed by atoms with Crippen LogP contribution in [0.2, 0.25) is 0 Å². The van der Waals surface area contributed by atoms with Crippen LogP contribution in [0.15, 0.2) is 29.6 Å². The molecule has 0 saturated heterocycles. The number of thiophene rings is 1. The number of phenols is 1. The van der Waals surface area contributed by atoms with Gasteiger partial charge in [0.15, 0.2) is 11.5 Å². The van der Waals surface area contributed by atoms with Crippen LogP contribution in [0.3, 0.4) is 0 Å². The van der Waals surface area contributed by atoms with Crippen molar-refractivity contribution in [3.05, 3.63) is 50.8 Å². The number of phenolic OH excluding ortho intramolecular Hbond substituents is 1. The van der Waals surface area contributed by atoms with Crippen molar-refractivity contribution in [1.82, 2.24) is 9.88 Å². The third-order valence-electron chi connectivity index (χ3n) is 4.24. The molecule has 0 amide bonds. The van der Waals surface area contributed by atoms with Crippen LogP contribution in [0.4, 0.5) is 0 Å². The van der Waals surface area contributed by atoms with Crippen LogP contribution < -0.4 is 4.74 Å². The van der Waals surface area contributed by atoms with Crippen molar-refractivity contribution in [3.8, 4) is 21.9 Å². The molecule has 4 rings (SSSR count). The quantitative estimate of drug-likeness (QED) is 0.730. The molecular weight excluding hydrogens is 352 g/mol. The van der Waals surface area contributed by atoms with Crippen LogP contribution >= 0.6 is 22.7 Å². The Bertz CT molecular complexity index is 901. The van der Waals surface area contributed by atoms with Gasteiger partial charge in [-0.25, -0.2) is 4.98 Å². The molecule has 0 unspecified atom stereocenters. The third kappa shape index (κ3) is 3.56. The second kappa shape index (κ2) is 6.78. The minimum atomic E-state index is 0.227. The highest BCUT2D eigenvalue weighted by Gasteiger charge is 2.21. The molecule has 2 aromatic heterocycles. The number of nitrogens with zero attached hydrogens (tertiary/aromatic N) is 2. The lowest BCUT2D eigenvalue weighted by molar-refractivity contribution is 0.217. The number of hydrogen-bond acceptors (Lipinski definition) is 6. The lowest BCUT2D eigenvalue weighted by Gasteiger charge is -2.18. The molecule has 0 atom stereocenters. The van der Waals surface area contributed by atoms with E-state index in [-0.39, 0.29) is 5.75 Å². The molecule has 1 N–H and O–H groups in total. The summed E-state index contributed by atoms with van der Waals surface area (Å²) in [6.07, 6.45) is 0. The molecule has 0 spiro atoms. The van der Waals surface area contributed by atoms with Gasteiger partial charge < -0.3 is 9.84 Å². The summed E-state index contributed by atoms with van der Waals surface area (Å²) in [7, 11) is 0. The van der Waals surface area contributed by atoms with Crippen LogP contribution in [0, 0.1) is 13.8 Å². The third-order valence-corrected chi connectivity index (χ3v) is 6.25. The van der Waals surface area contributed by atoms with Gasteiger partial charge in [-0.1, -0.05) is 0 Å². The number of benzene rings is 1. The number of rotatable bonds is 3. The summed E-state index contributed by atoms with van der Waals surface area (Å²) in [5, 5.41) is 13.7. The summed E-state index contributed by atoms with van der Waals surface area (Å²) in [5.74, 6) is 0.848. The Morgan fingerprint density at radius 3 is 2.88 bits per heavy atom. The van der Waals surface area contributed by atoms with Crippen LogP contribution in [-0.2, 0) is 13.1 Å². The van der Waals surface area contributed by atoms with E-state index in [0.29, 0.717) is 12.4 Å². The van der Waals surface area contributed by atoms with E-state index in [1.54, 1.807) is 22.7 Å². The Kier molecular flexibility index (Phi) is 4.50. The second-order valence-electron chi connectivity index (χ2n) is 6.34. The zero-order valence-electron chi connectivity index (χ0n) is 14.3. The Morgan fingerprint density at radius 2 is 2.16 bits per heavy atom. The standard InChI is InChI=1S/C19H20N2O2S2/c1-12-11-24-18(20-12)10-21-5-6-23-19-15(9-21)7-14(8-16(19)22)17-4-3-13(2)25-17/h3-4,7-8,11,22H,5-6,9-10H2,1-2H3. The Hall–Kier alpha value is -1.89. The fourth-order valence-electron chi connectivity index (χ4n) is 3.09. The van der Waals surface area contributed by atoms with E-state index < -0.39 is 0 Å². The minimum absolute atomic E-state index is 0.227. The lowest BCUT2D eigenvalue weighted by atomic mass is 10.1. The highest BCUT2D eigenvalue weighted by molar-refractivity contribution is 7.15. The van der Waals surface area contributed by atoms with Gasteiger partial charge in [0, 0.05) is 39.5 Å². The molecule has 3 heterocycles. The van der Waals surface area contributed by atoms with Crippen molar-refractivity contribution in [2.45, 2.75) is 26.9 Å². The highest BCUT2D eigenvalue weighted by atomic mass is 32.1. The first kappa shape index (κ1) is 16.6. The van der Waals surface area contributed by atoms with E-state index in [1.807, 2.05) is 13.0 Å². The van der Waals surface area contributed by atoms with Crippen molar-refractivity contribution in [2.75, 3.05) is 13.2 Å². The maximum Gasteiger partial charge on any atom is 0.165 e. The summed E-state index contributed by atoms with van der Waals surface area (Å²) < 4.78 is 5.84. The molecule has 25 heavy (non-hydrogen) atoms. The molecule has 4 nitrogen and oxygen atoms in total. The maximum atomic E-state index is 10.5. The van der Waals surface area contributed by atoms with Crippen LogP contribution in [0.5, 0.6) is 11.5 Å². The monoisotopic (exact) mass is 372 g/mol. The predicted octanol–water partition coefficient (Wildman–Crippen LogP) is 4.59. The minimum Gasteiger partial charge on any atom is -0.504 e. The van der Waals surface area contributed by atoms with Crippen LogP contribution in [-0.4, -0.2) is 28.1 Å². The largest absolute Gasteiger partial charge is 0.504 e. The number of ether oxygens (including phenoxy) is 1. The van der Waals surface area contributed by atoms with Crippen LogP contribution in [0.1, 0.15) is 21.1 Å². The smallest absolute Gasteiger partial charge is 0.165 e.